The Labute approximate surface area is 236 Å². The van der Waals surface area contributed by atoms with E-state index in [1.807, 2.05) is 35.6 Å². The van der Waals surface area contributed by atoms with E-state index in [2.05, 4.69) is 114 Å². The van der Waals surface area contributed by atoms with Crippen molar-refractivity contribution in [1.82, 2.24) is 4.57 Å². The number of allylic oxidation sites excluding steroid dienone is 1. The van der Waals surface area contributed by atoms with Crippen LogP contribution in [0.1, 0.15) is 28.3 Å². The fourth-order valence-corrected chi connectivity index (χ4v) is 7.30. The summed E-state index contributed by atoms with van der Waals surface area (Å²) in [5.41, 5.74) is 9.53. The summed E-state index contributed by atoms with van der Waals surface area (Å²) in [6, 6.07) is 43.3. The summed E-state index contributed by atoms with van der Waals surface area (Å²) < 4.78 is 5.02. The van der Waals surface area contributed by atoms with Gasteiger partial charge in [0.25, 0.3) is 0 Å². The second kappa shape index (κ2) is 9.09. The zero-order chi connectivity index (χ0) is 26.6. The van der Waals surface area contributed by atoms with Crippen molar-refractivity contribution in [1.29, 1.82) is 5.26 Å². The maximum absolute atomic E-state index is 9.17. The molecule has 7 aromatic rings. The van der Waals surface area contributed by atoms with Crippen molar-refractivity contribution >= 4 is 48.5 Å². The van der Waals surface area contributed by atoms with Gasteiger partial charge in [0, 0.05) is 42.9 Å². The zero-order valence-corrected chi connectivity index (χ0v) is 22.5. The second-order valence-corrected chi connectivity index (χ2v) is 11.6. The van der Waals surface area contributed by atoms with E-state index in [9.17, 15) is 0 Å². The first-order valence-corrected chi connectivity index (χ1v) is 14.4. The molecule has 188 valence electrons. The third kappa shape index (κ3) is 3.61. The Kier molecular flexibility index (Phi) is 5.23. The Balaban J connectivity index is 1.21. The van der Waals surface area contributed by atoms with E-state index in [1.165, 1.54) is 59.1 Å². The molecule has 0 fully saturated rings. The minimum absolute atomic E-state index is 0.323. The van der Waals surface area contributed by atoms with Crippen LogP contribution < -0.4 is 0 Å². The van der Waals surface area contributed by atoms with Crippen LogP contribution in [0, 0.1) is 11.3 Å². The lowest BCUT2D eigenvalue weighted by Gasteiger charge is -2.19. The molecule has 3 heteroatoms. The molecule has 0 amide bonds. The number of fused-ring (bicyclic) bond motifs is 6. The van der Waals surface area contributed by atoms with Crippen LogP contribution in [-0.4, -0.2) is 4.57 Å². The lowest BCUT2D eigenvalue weighted by molar-refractivity contribution is 0.827. The summed E-state index contributed by atoms with van der Waals surface area (Å²) in [6.45, 7) is 0. The molecule has 8 rings (SSSR count). The molecule has 0 radical (unpaired) electrons. The molecular weight excluding hydrogens is 504 g/mol. The van der Waals surface area contributed by atoms with E-state index < -0.39 is 0 Å². The van der Waals surface area contributed by atoms with Crippen LogP contribution in [0.25, 0.3) is 54.0 Å². The molecule has 2 heterocycles. The first-order chi connectivity index (χ1) is 19.8. The Bertz CT molecular complexity index is 2140. The quantitative estimate of drug-likeness (QED) is 0.224. The van der Waals surface area contributed by atoms with E-state index in [4.69, 9.17) is 5.26 Å². The van der Waals surface area contributed by atoms with Crippen molar-refractivity contribution in [3.63, 3.8) is 0 Å². The number of nitriles is 1. The number of rotatable bonds is 3. The Morgan fingerprint density at radius 1 is 0.700 bits per heavy atom. The fraction of sp³-hybridized carbons (Fsp3) is 0.0541. The maximum atomic E-state index is 9.17. The highest BCUT2D eigenvalue weighted by Crippen LogP contribution is 2.41. The first-order valence-electron chi connectivity index (χ1n) is 13.6. The average Bonchev–Trinajstić information content (AvgIpc) is 3.56. The van der Waals surface area contributed by atoms with Gasteiger partial charge in [-0.3, -0.25) is 0 Å². The standard InChI is InChI=1S/C37H24N2S/c38-23-24-10-12-25(13-11-24)26-15-18-36-32(21-26)33-22-28(16-19-37(33)40-36)27-14-17-35-31(20-27)30-8-4-5-9-34(30)39(35)29-6-2-1-3-7-29/h1-19,21-22,27H,20H2. The van der Waals surface area contributed by atoms with Crippen LogP contribution in [0.4, 0.5) is 0 Å². The van der Waals surface area contributed by atoms with Crippen LogP contribution in [-0.2, 0) is 6.42 Å². The van der Waals surface area contributed by atoms with Crippen molar-refractivity contribution < 1.29 is 0 Å². The predicted molar refractivity (Wildman–Crippen MR) is 168 cm³/mol. The van der Waals surface area contributed by atoms with E-state index in [0.29, 0.717) is 11.5 Å². The summed E-state index contributed by atoms with van der Waals surface area (Å²) >= 11 is 1.85. The van der Waals surface area contributed by atoms with Crippen LogP contribution in [0.5, 0.6) is 0 Å². The van der Waals surface area contributed by atoms with Crippen molar-refractivity contribution in [2.75, 3.05) is 0 Å². The Morgan fingerprint density at radius 2 is 1.43 bits per heavy atom. The van der Waals surface area contributed by atoms with Gasteiger partial charge in [0.2, 0.25) is 0 Å². The van der Waals surface area contributed by atoms with Gasteiger partial charge in [0.15, 0.2) is 0 Å². The first kappa shape index (κ1) is 23.0. The summed E-state index contributed by atoms with van der Waals surface area (Å²) in [5, 5.41) is 13.1. The molecule has 1 aliphatic rings. The molecule has 40 heavy (non-hydrogen) atoms. The number of para-hydroxylation sites is 2. The van der Waals surface area contributed by atoms with E-state index >= 15 is 0 Å². The molecule has 2 aromatic heterocycles. The number of thiophene rings is 1. The van der Waals surface area contributed by atoms with Gasteiger partial charge >= 0.3 is 0 Å². The molecule has 0 aliphatic heterocycles. The number of hydrogen-bond donors (Lipinski definition) is 0. The monoisotopic (exact) mass is 528 g/mol. The molecule has 0 saturated heterocycles. The van der Waals surface area contributed by atoms with Crippen molar-refractivity contribution in [3.05, 3.63) is 144 Å². The highest BCUT2D eigenvalue weighted by atomic mass is 32.1. The Hall–Kier alpha value is -4.91. The number of hydrogen-bond acceptors (Lipinski definition) is 2. The van der Waals surface area contributed by atoms with Gasteiger partial charge in [-0.25, -0.2) is 0 Å². The average molecular weight is 529 g/mol. The summed E-state index contributed by atoms with van der Waals surface area (Å²) in [6.07, 6.45) is 5.70. The van der Waals surface area contributed by atoms with Crippen LogP contribution >= 0.6 is 11.3 Å². The fourth-order valence-electron chi connectivity index (χ4n) is 6.24. The SMILES string of the molecule is N#Cc1ccc(-c2ccc3sc4ccc(C5C=Cc6c(c7ccccc7n6-c6ccccc6)C5)cc4c3c2)cc1. The number of aromatic nitrogens is 1. The lowest BCUT2D eigenvalue weighted by Crippen LogP contribution is -2.07. The molecular formula is C37H24N2S. The topological polar surface area (TPSA) is 28.7 Å². The largest absolute Gasteiger partial charge is 0.310 e. The summed E-state index contributed by atoms with van der Waals surface area (Å²) in [4.78, 5) is 0. The third-order valence-corrected chi connectivity index (χ3v) is 9.37. The van der Waals surface area contributed by atoms with Gasteiger partial charge in [0.1, 0.15) is 0 Å². The van der Waals surface area contributed by atoms with Crippen molar-refractivity contribution in [2.24, 2.45) is 0 Å². The van der Waals surface area contributed by atoms with Gasteiger partial charge in [-0.05, 0) is 89.3 Å². The molecule has 0 saturated carbocycles. The molecule has 0 N–H and O–H groups in total. The normalized spacial score (nSPS) is 14.5. The Morgan fingerprint density at radius 3 is 2.25 bits per heavy atom. The van der Waals surface area contributed by atoms with Crippen LogP contribution in [0.2, 0.25) is 0 Å². The van der Waals surface area contributed by atoms with Crippen LogP contribution in [0.3, 0.4) is 0 Å². The van der Waals surface area contributed by atoms with Gasteiger partial charge in [0.05, 0.1) is 17.1 Å². The van der Waals surface area contributed by atoms with Gasteiger partial charge < -0.3 is 4.57 Å². The summed E-state index contributed by atoms with van der Waals surface area (Å²) in [5.74, 6) is 0.323. The highest BCUT2D eigenvalue weighted by Gasteiger charge is 2.24. The van der Waals surface area contributed by atoms with Gasteiger partial charge in [-0.15, -0.1) is 11.3 Å². The number of nitrogens with zero attached hydrogens (tertiary/aromatic N) is 2. The lowest BCUT2D eigenvalue weighted by atomic mass is 9.86. The second-order valence-electron chi connectivity index (χ2n) is 10.5. The van der Waals surface area contributed by atoms with E-state index in [1.54, 1.807) is 0 Å². The zero-order valence-electron chi connectivity index (χ0n) is 21.7. The van der Waals surface area contributed by atoms with Crippen molar-refractivity contribution in [3.8, 4) is 22.9 Å². The maximum Gasteiger partial charge on any atom is 0.0991 e. The minimum Gasteiger partial charge on any atom is -0.310 e. The third-order valence-electron chi connectivity index (χ3n) is 8.21. The molecule has 1 aliphatic carbocycles. The molecule has 0 spiro atoms. The molecule has 0 bridgehead atoms. The highest BCUT2D eigenvalue weighted by molar-refractivity contribution is 7.25. The van der Waals surface area contributed by atoms with E-state index in [0.717, 1.165) is 12.0 Å². The summed E-state index contributed by atoms with van der Waals surface area (Å²) in [7, 11) is 0. The number of benzene rings is 5. The predicted octanol–water partition coefficient (Wildman–Crippen LogP) is 9.89. The molecule has 2 nitrogen and oxygen atoms in total. The van der Waals surface area contributed by atoms with Gasteiger partial charge in [-0.2, -0.15) is 5.26 Å². The molecule has 1 atom stereocenters. The van der Waals surface area contributed by atoms with Crippen LogP contribution in [0.15, 0.2) is 121 Å². The smallest absolute Gasteiger partial charge is 0.0991 e. The molecule has 1 unspecified atom stereocenters. The molecule has 5 aromatic carbocycles. The minimum atomic E-state index is 0.323. The van der Waals surface area contributed by atoms with Crippen molar-refractivity contribution in [2.45, 2.75) is 12.3 Å². The van der Waals surface area contributed by atoms with Gasteiger partial charge in [-0.1, -0.05) is 66.7 Å². The van der Waals surface area contributed by atoms with E-state index in [-0.39, 0.29) is 0 Å².